The average molecular weight is 272 g/mol. The van der Waals surface area contributed by atoms with Crippen LogP contribution < -0.4 is 0 Å². The summed E-state index contributed by atoms with van der Waals surface area (Å²) in [6, 6.07) is 9.54. The quantitative estimate of drug-likeness (QED) is 0.355. The van der Waals surface area contributed by atoms with E-state index in [1.54, 1.807) is 6.08 Å². The molecular formula is C18H24O2. The van der Waals surface area contributed by atoms with E-state index in [2.05, 4.69) is 6.92 Å². The highest BCUT2D eigenvalue weighted by Crippen LogP contribution is 2.08. The lowest BCUT2D eigenvalue weighted by atomic mass is 10.1. The van der Waals surface area contributed by atoms with Gasteiger partial charge < -0.3 is 0 Å². The predicted molar refractivity (Wildman–Crippen MR) is 83.5 cm³/mol. The SMILES string of the molecule is CCCCCCCCC(=O)C(=O)/C=C/c1ccccc1. The van der Waals surface area contributed by atoms with Crippen molar-refractivity contribution in [3.05, 3.63) is 42.0 Å². The van der Waals surface area contributed by atoms with E-state index in [0.29, 0.717) is 6.42 Å². The van der Waals surface area contributed by atoms with Crippen molar-refractivity contribution in [1.29, 1.82) is 0 Å². The Kier molecular flexibility index (Phi) is 8.28. The summed E-state index contributed by atoms with van der Waals surface area (Å²) in [5, 5.41) is 0. The minimum atomic E-state index is -0.387. The van der Waals surface area contributed by atoms with Crippen molar-refractivity contribution in [2.75, 3.05) is 0 Å². The Labute approximate surface area is 121 Å². The number of allylic oxidation sites excluding steroid dienone is 1. The second-order valence-electron chi connectivity index (χ2n) is 5.05. The van der Waals surface area contributed by atoms with Crippen molar-refractivity contribution in [3.63, 3.8) is 0 Å². The molecule has 0 aliphatic heterocycles. The highest BCUT2D eigenvalue weighted by molar-refractivity contribution is 6.42. The fourth-order valence-electron chi connectivity index (χ4n) is 2.02. The van der Waals surface area contributed by atoms with E-state index in [1.807, 2.05) is 30.3 Å². The number of Topliss-reactive ketones (excluding diaryl/α,β-unsaturated/α-hetero) is 1. The molecule has 0 saturated carbocycles. The van der Waals surface area contributed by atoms with Crippen LogP contribution in [0.1, 0.15) is 57.4 Å². The Hall–Kier alpha value is -1.70. The summed E-state index contributed by atoms with van der Waals surface area (Å²) in [6.45, 7) is 2.18. The van der Waals surface area contributed by atoms with Crippen LogP contribution in [0.2, 0.25) is 0 Å². The molecule has 0 radical (unpaired) electrons. The molecule has 0 spiro atoms. The molecule has 0 N–H and O–H groups in total. The number of hydrogen-bond acceptors (Lipinski definition) is 2. The molecule has 0 bridgehead atoms. The highest BCUT2D eigenvalue weighted by Gasteiger charge is 2.09. The first-order chi connectivity index (χ1) is 9.74. The third-order valence-corrected chi connectivity index (χ3v) is 3.26. The van der Waals surface area contributed by atoms with Gasteiger partial charge in [-0.1, -0.05) is 75.4 Å². The average Bonchev–Trinajstić information content (AvgIpc) is 2.49. The predicted octanol–water partition coefficient (Wildman–Crippen LogP) is 4.59. The lowest BCUT2D eigenvalue weighted by molar-refractivity contribution is -0.133. The summed E-state index contributed by atoms with van der Waals surface area (Å²) in [7, 11) is 0. The first-order valence-corrected chi connectivity index (χ1v) is 7.54. The zero-order valence-electron chi connectivity index (χ0n) is 12.3. The van der Waals surface area contributed by atoms with E-state index >= 15 is 0 Å². The first-order valence-electron chi connectivity index (χ1n) is 7.54. The zero-order valence-corrected chi connectivity index (χ0v) is 12.3. The second kappa shape index (κ2) is 10.1. The topological polar surface area (TPSA) is 34.1 Å². The van der Waals surface area contributed by atoms with Gasteiger partial charge in [-0.25, -0.2) is 0 Å². The number of rotatable bonds is 10. The Bertz CT molecular complexity index is 432. The van der Waals surface area contributed by atoms with Crippen LogP contribution in [-0.4, -0.2) is 11.6 Å². The monoisotopic (exact) mass is 272 g/mol. The number of unbranched alkanes of at least 4 members (excludes halogenated alkanes) is 5. The first kappa shape index (κ1) is 16.4. The molecule has 0 aliphatic carbocycles. The van der Waals surface area contributed by atoms with Crippen molar-refractivity contribution in [2.45, 2.75) is 51.9 Å². The normalized spacial score (nSPS) is 10.8. The summed E-state index contributed by atoms with van der Waals surface area (Å²) >= 11 is 0. The van der Waals surface area contributed by atoms with Crippen LogP contribution in [0.5, 0.6) is 0 Å². The maximum atomic E-state index is 11.7. The molecule has 0 aromatic heterocycles. The lowest BCUT2D eigenvalue weighted by Gasteiger charge is -1.99. The molecule has 1 aromatic rings. The molecule has 0 aliphatic rings. The summed E-state index contributed by atoms with van der Waals surface area (Å²) in [5.74, 6) is -0.657. The van der Waals surface area contributed by atoms with Gasteiger partial charge in [0.05, 0.1) is 0 Å². The van der Waals surface area contributed by atoms with E-state index < -0.39 is 0 Å². The molecule has 2 heteroatoms. The minimum Gasteiger partial charge on any atom is -0.291 e. The van der Waals surface area contributed by atoms with Crippen LogP contribution in [0.3, 0.4) is 0 Å². The summed E-state index contributed by atoms with van der Waals surface area (Å²) in [5.41, 5.74) is 0.938. The molecular weight excluding hydrogens is 248 g/mol. The van der Waals surface area contributed by atoms with Crippen LogP contribution in [0, 0.1) is 0 Å². The van der Waals surface area contributed by atoms with E-state index in [0.717, 1.165) is 24.8 Å². The molecule has 0 fully saturated rings. The largest absolute Gasteiger partial charge is 0.291 e. The van der Waals surface area contributed by atoms with Gasteiger partial charge in [0.2, 0.25) is 11.6 Å². The van der Waals surface area contributed by atoms with Gasteiger partial charge in [0.25, 0.3) is 0 Å². The van der Waals surface area contributed by atoms with Gasteiger partial charge in [-0.05, 0) is 18.1 Å². The molecule has 0 amide bonds. The van der Waals surface area contributed by atoms with Crippen LogP contribution in [0.15, 0.2) is 36.4 Å². The van der Waals surface area contributed by atoms with E-state index in [-0.39, 0.29) is 11.6 Å². The minimum absolute atomic E-state index is 0.271. The third-order valence-electron chi connectivity index (χ3n) is 3.26. The van der Waals surface area contributed by atoms with Crippen LogP contribution >= 0.6 is 0 Å². The number of hydrogen-bond donors (Lipinski definition) is 0. The third kappa shape index (κ3) is 7.03. The summed E-state index contributed by atoms with van der Waals surface area (Å²) < 4.78 is 0. The van der Waals surface area contributed by atoms with E-state index in [1.165, 1.54) is 25.3 Å². The van der Waals surface area contributed by atoms with Crippen molar-refractivity contribution < 1.29 is 9.59 Å². The van der Waals surface area contributed by atoms with Crippen LogP contribution in [-0.2, 0) is 9.59 Å². The number of benzene rings is 1. The molecule has 1 aromatic carbocycles. The molecule has 20 heavy (non-hydrogen) atoms. The van der Waals surface area contributed by atoms with Crippen molar-refractivity contribution in [1.82, 2.24) is 0 Å². The Morgan fingerprint density at radius 1 is 0.950 bits per heavy atom. The van der Waals surface area contributed by atoms with Crippen LogP contribution in [0.25, 0.3) is 6.08 Å². The van der Waals surface area contributed by atoms with Gasteiger partial charge in [0.1, 0.15) is 0 Å². The zero-order chi connectivity index (χ0) is 14.6. The lowest BCUT2D eigenvalue weighted by Crippen LogP contribution is -2.10. The Morgan fingerprint density at radius 2 is 1.60 bits per heavy atom. The molecule has 0 atom stereocenters. The number of carbonyl (C=O) groups is 2. The summed E-state index contributed by atoms with van der Waals surface area (Å²) in [4.78, 5) is 23.3. The molecule has 0 saturated heterocycles. The van der Waals surface area contributed by atoms with Gasteiger partial charge in [0, 0.05) is 6.42 Å². The smallest absolute Gasteiger partial charge is 0.221 e. The van der Waals surface area contributed by atoms with Crippen molar-refractivity contribution in [3.8, 4) is 0 Å². The second-order valence-corrected chi connectivity index (χ2v) is 5.05. The van der Waals surface area contributed by atoms with E-state index in [9.17, 15) is 9.59 Å². The fraction of sp³-hybridized carbons (Fsp3) is 0.444. The summed E-state index contributed by atoms with van der Waals surface area (Å²) in [6.07, 6.45) is 10.2. The standard InChI is InChI=1S/C18H24O2/c1-2-3-4-5-6-10-13-17(19)18(20)15-14-16-11-8-7-9-12-16/h7-9,11-12,14-15H,2-6,10,13H2,1H3/b15-14+. The van der Waals surface area contributed by atoms with Gasteiger partial charge in [-0.15, -0.1) is 0 Å². The van der Waals surface area contributed by atoms with Gasteiger partial charge >= 0.3 is 0 Å². The maximum Gasteiger partial charge on any atom is 0.221 e. The van der Waals surface area contributed by atoms with Gasteiger partial charge in [0.15, 0.2) is 0 Å². The maximum absolute atomic E-state index is 11.7. The number of carbonyl (C=O) groups excluding carboxylic acids is 2. The highest BCUT2D eigenvalue weighted by atomic mass is 16.2. The molecule has 0 heterocycles. The molecule has 2 nitrogen and oxygen atoms in total. The van der Waals surface area contributed by atoms with Crippen LogP contribution in [0.4, 0.5) is 0 Å². The molecule has 108 valence electrons. The van der Waals surface area contributed by atoms with Crippen molar-refractivity contribution in [2.24, 2.45) is 0 Å². The Balaban J connectivity index is 2.23. The van der Waals surface area contributed by atoms with Gasteiger partial charge in [-0.2, -0.15) is 0 Å². The fourth-order valence-corrected chi connectivity index (χ4v) is 2.02. The van der Waals surface area contributed by atoms with Crippen molar-refractivity contribution >= 4 is 17.6 Å². The van der Waals surface area contributed by atoms with E-state index in [4.69, 9.17) is 0 Å². The molecule has 1 rings (SSSR count). The Morgan fingerprint density at radius 3 is 2.30 bits per heavy atom. The van der Waals surface area contributed by atoms with Gasteiger partial charge in [-0.3, -0.25) is 9.59 Å². The molecule has 0 unspecified atom stereocenters. The number of ketones is 2.